The van der Waals surface area contributed by atoms with Crippen LogP contribution in [0.1, 0.15) is 33.1 Å². The molecule has 1 amide bonds. The lowest BCUT2D eigenvalue weighted by molar-refractivity contribution is -0.126. The van der Waals surface area contributed by atoms with Crippen LogP contribution in [0.25, 0.3) is 0 Å². The molecule has 84 valence electrons. The standard InChI is InChI=1S/C11H19N3O/c1-7-4-8(2)6-11(5-7)9(15)13-10(12-3)14-11/h7-8H,4-6H2,1-3H3,(H2,12,13,14,15). The summed E-state index contributed by atoms with van der Waals surface area (Å²) in [7, 11) is 1.69. The van der Waals surface area contributed by atoms with Crippen molar-refractivity contribution in [2.24, 2.45) is 16.8 Å². The first-order chi connectivity index (χ1) is 7.05. The van der Waals surface area contributed by atoms with Gasteiger partial charge in [-0.05, 0) is 31.1 Å². The number of guanidine groups is 1. The van der Waals surface area contributed by atoms with Gasteiger partial charge in [0.2, 0.25) is 0 Å². The molecule has 1 saturated heterocycles. The van der Waals surface area contributed by atoms with E-state index in [1.165, 1.54) is 6.42 Å². The maximum absolute atomic E-state index is 12.0. The molecular formula is C11H19N3O. The summed E-state index contributed by atoms with van der Waals surface area (Å²) in [5, 5.41) is 6.06. The summed E-state index contributed by atoms with van der Waals surface area (Å²) < 4.78 is 0. The summed E-state index contributed by atoms with van der Waals surface area (Å²) in [5.41, 5.74) is -0.383. The van der Waals surface area contributed by atoms with E-state index in [4.69, 9.17) is 0 Å². The molecule has 0 bridgehead atoms. The highest BCUT2D eigenvalue weighted by Crippen LogP contribution is 2.37. The summed E-state index contributed by atoms with van der Waals surface area (Å²) in [6, 6.07) is 0. The predicted octanol–water partition coefficient (Wildman–Crippen LogP) is 0.886. The molecule has 0 aromatic heterocycles. The van der Waals surface area contributed by atoms with Gasteiger partial charge in [-0.15, -0.1) is 0 Å². The lowest BCUT2D eigenvalue weighted by Crippen LogP contribution is -2.51. The Bertz CT molecular complexity index is 301. The van der Waals surface area contributed by atoms with Crippen molar-refractivity contribution in [3.8, 4) is 0 Å². The molecular weight excluding hydrogens is 190 g/mol. The van der Waals surface area contributed by atoms with Crippen molar-refractivity contribution < 1.29 is 4.79 Å². The average molecular weight is 209 g/mol. The molecule has 15 heavy (non-hydrogen) atoms. The van der Waals surface area contributed by atoms with E-state index in [0.717, 1.165) is 12.8 Å². The summed E-state index contributed by atoms with van der Waals surface area (Å²) in [5.74, 6) is 1.93. The Morgan fingerprint density at radius 3 is 2.40 bits per heavy atom. The minimum absolute atomic E-state index is 0.0986. The second-order valence-electron chi connectivity index (χ2n) is 5.09. The highest BCUT2D eigenvalue weighted by atomic mass is 16.2. The maximum atomic E-state index is 12.0. The molecule has 4 nitrogen and oxygen atoms in total. The topological polar surface area (TPSA) is 53.5 Å². The largest absolute Gasteiger partial charge is 0.342 e. The summed E-state index contributed by atoms with van der Waals surface area (Å²) in [4.78, 5) is 16.0. The van der Waals surface area contributed by atoms with Crippen LogP contribution in [0.4, 0.5) is 0 Å². The van der Waals surface area contributed by atoms with Crippen LogP contribution >= 0.6 is 0 Å². The van der Waals surface area contributed by atoms with Crippen LogP contribution in [0.5, 0.6) is 0 Å². The van der Waals surface area contributed by atoms with Crippen LogP contribution < -0.4 is 10.6 Å². The molecule has 1 saturated carbocycles. The van der Waals surface area contributed by atoms with Gasteiger partial charge in [-0.2, -0.15) is 0 Å². The Morgan fingerprint density at radius 2 is 1.93 bits per heavy atom. The molecule has 2 aliphatic rings. The SMILES string of the molecule is CN=C1NC(=O)C2(CC(C)CC(C)C2)N1. The van der Waals surface area contributed by atoms with Gasteiger partial charge < -0.3 is 5.32 Å². The highest BCUT2D eigenvalue weighted by Gasteiger charge is 2.48. The van der Waals surface area contributed by atoms with Crippen LogP contribution in [0.15, 0.2) is 4.99 Å². The van der Waals surface area contributed by atoms with Gasteiger partial charge in [0.15, 0.2) is 5.96 Å². The second-order valence-corrected chi connectivity index (χ2v) is 5.09. The summed E-state index contributed by atoms with van der Waals surface area (Å²) in [6.07, 6.45) is 3.06. The van der Waals surface area contributed by atoms with Gasteiger partial charge in [-0.1, -0.05) is 13.8 Å². The molecule has 1 aliphatic carbocycles. The molecule has 2 fully saturated rings. The van der Waals surface area contributed by atoms with Crippen molar-refractivity contribution in [1.29, 1.82) is 0 Å². The van der Waals surface area contributed by atoms with Crippen LogP contribution in [-0.2, 0) is 4.79 Å². The van der Waals surface area contributed by atoms with Gasteiger partial charge in [0.25, 0.3) is 5.91 Å². The van der Waals surface area contributed by atoms with E-state index < -0.39 is 0 Å². The second kappa shape index (κ2) is 3.51. The monoisotopic (exact) mass is 209 g/mol. The minimum Gasteiger partial charge on any atom is -0.342 e. The Balaban J connectivity index is 2.22. The quantitative estimate of drug-likeness (QED) is 0.622. The minimum atomic E-state index is -0.383. The van der Waals surface area contributed by atoms with E-state index in [0.29, 0.717) is 17.8 Å². The fourth-order valence-corrected chi connectivity index (χ4v) is 3.07. The van der Waals surface area contributed by atoms with Crippen molar-refractivity contribution in [1.82, 2.24) is 10.6 Å². The Hall–Kier alpha value is -1.06. The molecule has 0 aromatic carbocycles. The third kappa shape index (κ3) is 1.73. The lowest BCUT2D eigenvalue weighted by atomic mass is 9.72. The number of rotatable bonds is 0. The van der Waals surface area contributed by atoms with Crippen molar-refractivity contribution in [3.63, 3.8) is 0 Å². The molecule has 4 heteroatoms. The number of aliphatic imine (C=N–C) groups is 1. The summed E-state index contributed by atoms with van der Waals surface area (Å²) in [6.45, 7) is 4.43. The third-order valence-corrected chi connectivity index (χ3v) is 3.45. The van der Waals surface area contributed by atoms with Crippen LogP contribution in [0.2, 0.25) is 0 Å². The van der Waals surface area contributed by atoms with E-state index in [2.05, 4.69) is 29.5 Å². The third-order valence-electron chi connectivity index (χ3n) is 3.45. The fourth-order valence-electron chi connectivity index (χ4n) is 3.07. The fraction of sp³-hybridized carbons (Fsp3) is 0.818. The highest BCUT2D eigenvalue weighted by molar-refractivity contribution is 6.09. The van der Waals surface area contributed by atoms with Crippen molar-refractivity contribution in [2.75, 3.05) is 7.05 Å². The number of hydrogen-bond acceptors (Lipinski definition) is 2. The first-order valence-electron chi connectivity index (χ1n) is 5.62. The number of nitrogens with one attached hydrogen (secondary N) is 2. The van der Waals surface area contributed by atoms with E-state index >= 15 is 0 Å². The Labute approximate surface area is 90.5 Å². The molecule has 2 rings (SSSR count). The van der Waals surface area contributed by atoms with Crippen LogP contribution in [-0.4, -0.2) is 24.5 Å². The molecule has 0 aromatic rings. The van der Waals surface area contributed by atoms with Gasteiger partial charge in [0.05, 0.1) is 0 Å². The summed E-state index contributed by atoms with van der Waals surface area (Å²) >= 11 is 0. The number of carbonyl (C=O) groups excluding carboxylic acids is 1. The predicted molar refractivity (Wildman–Crippen MR) is 59.5 cm³/mol. The molecule has 2 atom stereocenters. The van der Waals surface area contributed by atoms with Crippen molar-refractivity contribution >= 4 is 11.9 Å². The number of amides is 1. The van der Waals surface area contributed by atoms with Crippen molar-refractivity contribution in [2.45, 2.75) is 38.6 Å². The maximum Gasteiger partial charge on any atom is 0.252 e. The van der Waals surface area contributed by atoms with Crippen LogP contribution in [0.3, 0.4) is 0 Å². The van der Waals surface area contributed by atoms with E-state index in [1.807, 2.05) is 0 Å². The van der Waals surface area contributed by atoms with Gasteiger partial charge in [-0.3, -0.25) is 15.1 Å². The molecule has 0 radical (unpaired) electrons. The normalized spacial score (nSPS) is 43.1. The molecule has 1 spiro atoms. The lowest BCUT2D eigenvalue weighted by Gasteiger charge is -2.37. The van der Waals surface area contributed by atoms with E-state index in [-0.39, 0.29) is 11.4 Å². The number of hydrogen-bond donors (Lipinski definition) is 2. The molecule has 2 unspecified atom stereocenters. The molecule has 2 N–H and O–H groups in total. The Morgan fingerprint density at radius 1 is 1.33 bits per heavy atom. The zero-order chi connectivity index (χ0) is 11.1. The van der Waals surface area contributed by atoms with Gasteiger partial charge in [-0.25, -0.2) is 0 Å². The van der Waals surface area contributed by atoms with E-state index in [1.54, 1.807) is 7.05 Å². The zero-order valence-electron chi connectivity index (χ0n) is 9.63. The Kier molecular flexibility index (Phi) is 2.44. The molecule has 1 heterocycles. The van der Waals surface area contributed by atoms with Gasteiger partial charge in [0, 0.05) is 7.05 Å². The van der Waals surface area contributed by atoms with Crippen LogP contribution in [0, 0.1) is 11.8 Å². The van der Waals surface area contributed by atoms with Gasteiger partial charge >= 0.3 is 0 Å². The number of nitrogens with zero attached hydrogens (tertiary/aromatic N) is 1. The molecule has 1 aliphatic heterocycles. The smallest absolute Gasteiger partial charge is 0.252 e. The van der Waals surface area contributed by atoms with E-state index in [9.17, 15) is 4.79 Å². The van der Waals surface area contributed by atoms with Crippen molar-refractivity contribution in [3.05, 3.63) is 0 Å². The first kappa shape index (κ1) is 10.5. The average Bonchev–Trinajstić information content (AvgIpc) is 2.41. The first-order valence-corrected chi connectivity index (χ1v) is 5.62. The van der Waals surface area contributed by atoms with Gasteiger partial charge in [0.1, 0.15) is 5.54 Å². The zero-order valence-corrected chi connectivity index (χ0v) is 9.63. The number of carbonyl (C=O) groups is 1.